The number of fused-ring (bicyclic) bond motifs is 2. The highest BCUT2D eigenvalue weighted by atomic mass is 19.1. The predicted octanol–water partition coefficient (Wildman–Crippen LogP) is 4.77. The number of carbonyl (C=O) groups excluding carboxylic acids is 3. The minimum absolute atomic E-state index is 0.0379. The predicted molar refractivity (Wildman–Crippen MR) is 149 cm³/mol. The molecule has 40 heavy (non-hydrogen) atoms. The fraction of sp³-hybridized carbons (Fsp3) is 0.400. The lowest BCUT2D eigenvalue weighted by Gasteiger charge is -2.29. The standard InChI is InChI=1S/C30H33FN6O3/c1-14-10-23(30(5)16(3)29(14,30)4)35-26(38)20-12-17(6-8-21(20)31)25-24(15(2)33-28(40)36-25)27(39)34-19-7-9-22-18(11-19)13-32-37-22/h6-9,11-14,16,23,25H,10H2,1-5H3,(H,32,37)(H,34,39)(H,35,38)(H2,33,36,40). The molecule has 2 heterocycles. The number of aromatic amines is 1. The van der Waals surface area contributed by atoms with Crippen molar-refractivity contribution in [1.29, 1.82) is 0 Å². The third-order valence-corrected chi connectivity index (χ3v) is 10.3. The maximum Gasteiger partial charge on any atom is 0.319 e. The van der Waals surface area contributed by atoms with Crippen LogP contribution in [0.2, 0.25) is 0 Å². The second-order valence-electron chi connectivity index (χ2n) is 11.9. The molecule has 10 heteroatoms. The molecule has 3 aromatic rings. The van der Waals surface area contributed by atoms with Gasteiger partial charge in [0.2, 0.25) is 0 Å². The van der Waals surface area contributed by atoms with E-state index in [1.807, 2.05) is 0 Å². The van der Waals surface area contributed by atoms with Crippen LogP contribution in [-0.2, 0) is 4.79 Å². The van der Waals surface area contributed by atoms with Gasteiger partial charge in [-0.1, -0.05) is 33.8 Å². The van der Waals surface area contributed by atoms with E-state index in [-0.39, 0.29) is 28.0 Å². The topological polar surface area (TPSA) is 128 Å². The highest BCUT2D eigenvalue weighted by molar-refractivity contribution is 6.07. The molecule has 6 unspecified atom stereocenters. The first-order valence-electron chi connectivity index (χ1n) is 13.6. The van der Waals surface area contributed by atoms with Crippen molar-refractivity contribution in [3.63, 3.8) is 0 Å². The number of nitrogens with one attached hydrogen (secondary N) is 5. The Kier molecular flexibility index (Phi) is 5.80. The van der Waals surface area contributed by atoms with Crippen molar-refractivity contribution in [1.82, 2.24) is 26.1 Å². The lowest BCUT2D eigenvalue weighted by atomic mass is 9.91. The molecular weight excluding hydrogens is 511 g/mol. The van der Waals surface area contributed by atoms with Gasteiger partial charge in [-0.15, -0.1) is 0 Å². The van der Waals surface area contributed by atoms with Crippen LogP contribution in [0.1, 0.15) is 63.0 Å². The summed E-state index contributed by atoms with van der Waals surface area (Å²) in [5.74, 6) is -0.699. The van der Waals surface area contributed by atoms with Crippen LogP contribution in [0.5, 0.6) is 0 Å². The summed E-state index contributed by atoms with van der Waals surface area (Å²) in [5, 5.41) is 19.1. The van der Waals surface area contributed by atoms with Gasteiger partial charge >= 0.3 is 6.03 Å². The molecule has 6 atom stereocenters. The van der Waals surface area contributed by atoms with Crippen molar-refractivity contribution in [2.24, 2.45) is 22.7 Å². The molecule has 4 amide bonds. The summed E-state index contributed by atoms with van der Waals surface area (Å²) in [6.45, 7) is 10.5. The molecule has 0 radical (unpaired) electrons. The molecule has 208 valence electrons. The van der Waals surface area contributed by atoms with E-state index in [0.29, 0.717) is 28.8 Å². The molecule has 6 rings (SSSR count). The molecule has 2 fully saturated rings. The minimum Gasteiger partial charge on any atom is -0.349 e. The van der Waals surface area contributed by atoms with Crippen LogP contribution < -0.4 is 21.3 Å². The Balaban J connectivity index is 1.27. The fourth-order valence-electron chi connectivity index (χ4n) is 7.41. The van der Waals surface area contributed by atoms with E-state index >= 15 is 4.39 Å². The lowest BCUT2D eigenvalue weighted by Crippen LogP contribution is -2.46. The maximum absolute atomic E-state index is 15.0. The molecule has 9 nitrogen and oxygen atoms in total. The quantitative estimate of drug-likeness (QED) is 0.317. The molecule has 3 aliphatic rings. The molecule has 2 saturated carbocycles. The van der Waals surface area contributed by atoms with Gasteiger partial charge in [0.25, 0.3) is 11.8 Å². The van der Waals surface area contributed by atoms with E-state index in [0.717, 1.165) is 17.3 Å². The summed E-state index contributed by atoms with van der Waals surface area (Å²) in [6, 6.07) is 8.00. The van der Waals surface area contributed by atoms with E-state index in [9.17, 15) is 14.4 Å². The Labute approximate surface area is 231 Å². The largest absolute Gasteiger partial charge is 0.349 e. The molecular formula is C30H33FN6O3. The first-order chi connectivity index (χ1) is 18.9. The molecule has 0 saturated heterocycles. The number of aromatic nitrogens is 2. The third kappa shape index (κ3) is 3.72. The number of benzene rings is 2. The highest BCUT2D eigenvalue weighted by Crippen LogP contribution is 2.79. The molecule has 2 aromatic carbocycles. The van der Waals surface area contributed by atoms with Crippen molar-refractivity contribution in [3.05, 3.63) is 70.8 Å². The van der Waals surface area contributed by atoms with E-state index in [2.05, 4.69) is 59.2 Å². The number of allylic oxidation sites excluding steroid dienone is 1. The van der Waals surface area contributed by atoms with Crippen molar-refractivity contribution in [2.45, 2.75) is 53.1 Å². The first-order valence-corrected chi connectivity index (χ1v) is 13.6. The monoisotopic (exact) mass is 544 g/mol. The second-order valence-corrected chi connectivity index (χ2v) is 11.9. The van der Waals surface area contributed by atoms with E-state index < -0.39 is 29.7 Å². The zero-order valence-electron chi connectivity index (χ0n) is 23.1. The second kappa shape index (κ2) is 8.90. The number of amides is 4. The SMILES string of the molecule is CC1=C(C(=O)Nc2ccc3[nH]ncc3c2)C(c2ccc(F)c(C(=O)NC3CC(C)C4(C)C(C)C34C)c2)NC(=O)N1. The number of H-pyrrole nitrogens is 1. The molecule has 0 spiro atoms. The van der Waals surface area contributed by atoms with Gasteiger partial charge in [-0.25, -0.2) is 9.18 Å². The first kappa shape index (κ1) is 26.0. The Hall–Kier alpha value is -4.21. The third-order valence-electron chi connectivity index (χ3n) is 10.3. The van der Waals surface area contributed by atoms with E-state index in [1.54, 1.807) is 31.3 Å². The van der Waals surface area contributed by atoms with Gasteiger partial charge < -0.3 is 21.3 Å². The van der Waals surface area contributed by atoms with Gasteiger partial charge in [0.1, 0.15) is 5.82 Å². The van der Waals surface area contributed by atoms with Crippen molar-refractivity contribution >= 4 is 34.4 Å². The summed E-state index contributed by atoms with van der Waals surface area (Å²) in [7, 11) is 0. The van der Waals surface area contributed by atoms with Gasteiger partial charge in [0.05, 0.1) is 28.9 Å². The van der Waals surface area contributed by atoms with Gasteiger partial charge in [-0.05, 0) is 71.9 Å². The number of carbonyl (C=O) groups is 3. The van der Waals surface area contributed by atoms with Crippen LogP contribution in [0, 0.1) is 28.5 Å². The summed E-state index contributed by atoms with van der Waals surface area (Å²) in [4.78, 5) is 39.3. The average Bonchev–Trinajstić information content (AvgIpc) is 3.21. The Morgan fingerprint density at radius 2 is 1.85 bits per heavy atom. The van der Waals surface area contributed by atoms with Crippen molar-refractivity contribution in [3.8, 4) is 0 Å². The van der Waals surface area contributed by atoms with Crippen molar-refractivity contribution in [2.75, 3.05) is 5.32 Å². The van der Waals surface area contributed by atoms with Gasteiger partial charge in [-0.2, -0.15) is 5.10 Å². The van der Waals surface area contributed by atoms with Crippen LogP contribution >= 0.6 is 0 Å². The van der Waals surface area contributed by atoms with Crippen LogP contribution in [0.3, 0.4) is 0 Å². The van der Waals surface area contributed by atoms with Gasteiger partial charge in [-0.3, -0.25) is 14.7 Å². The zero-order chi connectivity index (χ0) is 28.6. The van der Waals surface area contributed by atoms with E-state index in [4.69, 9.17) is 0 Å². The van der Waals surface area contributed by atoms with Crippen LogP contribution in [0.4, 0.5) is 14.9 Å². The summed E-state index contributed by atoms with van der Waals surface area (Å²) in [5.41, 5.74) is 2.41. The van der Waals surface area contributed by atoms with Crippen LogP contribution in [-0.4, -0.2) is 34.1 Å². The van der Waals surface area contributed by atoms with Crippen LogP contribution in [0.25, 0.3) is 10.9 Å². The Morgan fingerprint density at radius 3 is 2.58 bits per heavy atom. The minimum atomic E-state index is -0.894. The number of halogens is 1. The molecule has 5 N–H and O–H groups in total. The number of urea groups is 1. The average molecular weight is 545 g/mol. The normalized spacial score (nSPS) is 30.9. The number of hydrogen-bond acceptors (Lipinski definition) is 4. The molecule has 1 aliphatic heterocycles. The maximum atomic E-state index is 15.0. The number of nitrogens with zero attached hydrogens (tertiary/aromatic N) is 1. The van der Waals surface area contributed by atoms with E-state index in [1.165, 1.54) is 18.2 Å². The van der Waals surface area contributed by atoms with Gasteiger partial charge in [0, 0.05) is 22.8 Å². The summed E-state index contributed by atoms with van der Waals surface area (Å²) < 4.78 is 15.0. The Morgan fingerprint density at radius 1 is 1.07 bits per heavy atom. The van der Waals surface area contributed by atoms with Gasteiger partial charge in [0.15, 0.2) is 0 Å². The lowest BCUT2D eigenvalue weighted by molar-refractivity contribution is -0.113. The van der Waals surface area contributed by atoms with Crippen LogP contribution in [0.15, 0.2) is 53.9 Å². The molecule has 1 aromatic heterocycles. The fourth-order valence-corrected chi connectivity index (χ4v) is 7.41. The summed E-state index contributed by atoms with van der Waals surface area (Å²) >= 11 is 0. The summed E-state index contributed by atoms with van der Waals surface area (Å²) in [6.07, 6.45) is 2.49. The number of rotatable bonds is 5. The smallest absolute Gasteiger partial charge is 0.319 e. The molecule has 2 aliphatic carbocycles. The molecule has 0 bridgehead atoms. The highest BCUT2D eigenvalue weighted by Gasteiger charge is 2.77. The number of anilines is 1. The van der Waals surface area contributed by atoms with Crippen molar-refractivity contribution < 1.29 is 18.8 Å². The number of hydrogen-bond donors (Lipinski definition) is 5. The Bertz CT molecular complexity index is 1610. The zero-order valence-corrected chi connectivity index (χ0v) is 23.1.